The number of anilines is 1. The predicted molar refractivity (Wildman–Crippen MR) is 88.6 cm³/mol. The van der Waals surface area contributed by atoms with Crippen molar-refractivity contribution in [3.05, 3.63) is 47.8 Å². The number of aromatic hydroxyl groups is 1. The van der Waals surface area contributed by atoms with Crippen molar-refractivity contribution in [3.63, 3.8) is 0 Å². The third-order valence-corrected chi connectivity index (χ3v) is 3.08. The van der Waals surface area contributed by atoms with Crippen LogP contribution in [0.25, 0.3) is 5.70 Å². The fourth-order valence-electron chi connectivity index (χ4n) is 1.97. The van der Waals surface area contributed by atoms with Crippen molar-refractivity contribution in [2.45, 2.75) is 19.8 Å². The highest BCUT2D eigenvalue weighted by molar-refractivity contribution is 5.65. The number of hydrogen-bond donors (Lipinski definition) is 4. The number of nitrogens with zero attached hydrogens (tertiary/aromatic N) is 4. The highest BCUT2D eigenvalue weighted by atomic mass is 16.3. The number of nitrogens with one attached hydrogen (secondary N) is 1. The zero-order valence-electron chi connectivity index (χ0n) is 13.2. The molecule has 0 spiro atoms. The molecule has 0 saturated carbocycles. The lowest BCUT2D eigenvalue weighted by Crippen LogP contribution is -2.32. The van der Waals surface area contributed by atoms with Crippen LogP contribution in [0.3, 0.4) is 0 Å². The lowest BCUT2D eigenvalue weighted by atomic mass is 10.2. The molecule has 0 fully saturated rings. The first kappa shape index (κ1) is 16.5. The summed E-state index contributed by atoms with van der Waals surface area (Å²) in [7, 11) is 1.64. The molecule has 2 heterocycles. The van der Waals surface area contributed by atoms with Crippen LogP contribution in [0.4, 0.5) is 5.95 Å². The van der Waals surface area contributed by atoms with Gasteiger partial charge in [-0.25, -0.2) is 15.8 Å². The van der Waals surface area contributed by atoms with Crippen molar-refractivity contribution >= 4 is 11.6 Å². The Balaban J connectivity index is 2.33. The fraction of sp³-hybridized carbons (Fsp3) is 0.267. The maximum Gasteiger partial charge on any atom is 0.228 e. The molecule has 23 heavy (non-hydrogen) atoms. The SMILES string of the molecule is CCCc1ccnc(N/C(=C(/N)c2ccc(O)cn2)N(C)N)n1. The summed E-state index contributed by atoms with van der Waals surface area (Å²) in [6.07, 6.45) is 4.86. The maximum absolute atomic E-state index is 9.31. The topological polar surface area (TPSA) is 126 Å². The van der Waals surface area contributed by atoms with Crippen LogP contribution in [0.2, 0.25) is 0 Å². The minimum atomic E-state index is 0.0627. The number of nitrogens with two attached hydrogens (primary N) is 2. The molecular weight excluding hydrogens is 294 g/mol. The third-order valence-electron chi connectivity index (χ3n) is 3.08. The predicted octanol–water partition coefficient (Wildman–Crippen LogP) is 1.03. The van der Waals surface area contributed by atoms with E-state index in [9.17, 15) is 5.11 Å². The number of aromatic nitrogens is 3. The van der Waals surface area contributed by atoms with Crippen molar-refractivity contribution in [1.82, 2.24) is 20.0 Å². The van der Waals surface area contributed by atoms with E-state index >= 15 is 0 Å². The van der Waals surface area contributed by atoms with E-state index in [1.54, 1.807) is 19.3 Å². The fourth-order valence-corrected chi connectivity index (χ4v) is 1.97. The summed E-state index contributed by atoms with van der Waals surface area (Å²) in [4.78, 5) is 12.7. The van der Waals surface area contributed by atoms with Crippen molar-refractivity contribution in [1.29, 1.82) is 0 Å². The standard InChI is InChI=1S/C15H21N7O/c1-3-4-10-7-8-18-15(20-10)21-14(22(2)17)13(16)12-6-5-11(23)9-19-12/h5-9,23H,3-4,16-17H2,1-2H3,(H,18,20,21)/b14-13-. The van der Waals surface area contributed by atoms with E-state index in [4.69, 9.17) is 11.6 Å². The molecule has 0 unspecified atom stereocenters. The minimum absolute atomic E-state index is 0.0627. The zero-order valence-corrected chi connectivity index (χ0v) is 13.2. The van der Waals surface area contributed by atoms with Gasteiger partial charge < -0.3 is 16.2 Å². The van der Waals surface area contributed by atoms with Gasteiger partial charge in [0.2, 0.25) is 5.95 Å². The number of hydrogen-bond acceptors (Lipinski definition) is 8. The molecule has 0 aliphatic carbocycles. The average molecular weight is 315 g/mol. The summed E-state index contributed by atoms with van der Waals surface area (Å²) in [5.74, 6) is 6.73. The van der Waals surface area contributed by atoms with Crippen LogP contribution >= 0.6 is 0 Å². The van der Waals surface area contributed by atoms with Gasteiger partial charge in [-0.1, -0.05) is 13.3 Å². The molecule has 8 nitrogen and oxygen atoms in total. The van der Waals surface area contributed by atoms with E-state index in [-0.39, 0.29) is 5.75 Å². The van der Waals surface area contributed by atoms with Crippen molar-refractivity contribution in [2.24, 2.45) is 11.6 Å². The van der Waals surface area contributed by atoms with Gasteiger partial charge in [0.1, 0.15) is 17.3 Å². The van der Waals surface area contributed by atoms with Crippen LogP contribution in [0.5, 0.6) is 5.75 Å². The Morgan fingerprint density at radius 2 is 2.09 bits per heavy atom. The molecule has 0 aliphatic rings. The van der Waals surface area contributed by atoms with Crippen LogP contribution in [0, 0.1) is 0 Å². The highest BCUT2D eigenvalue weighted by Gasteiger charge is 2.12. The number of rotatable bonds is 6. The van der Waals surface area contributed by atoms with Crippen LogP contribution in [-0.2, 0) is 6.42 Å². The Morgan fingerprint density at radius 3 is 2.70 bits per heavy atom. The van der Waals surface area contributed by atoms with Crippen LogP contribution < -0.4 is 16.9 Å². The van der Waals surface area contributed by atoms with E-state index in [2.05, 4.69) is 27.2 Å². The summed E-state index contributed by atoms with van der Waals surface area (Å²) in [5, 5.41) is 13.7. The molecule has 0 atom stereocenters. The van der Waals surface area contributed by atoms with Crippen LogP contribution in [0.1, 0.15) is 24.7 Å². The van der Waals surface area contributed by atoms with E-state index in [1.807, 2.05) is 6.07 Å². The number of aryl methyl sites for hydroxylation is 1. The Bertz CT molecular complexity index is 682. The first-order valence-corrected chi connectivity index (χ1v) is 7.23. The summed E-state index contributed by atoms with van der Waals surface area (Å²) < 4.78 is 0. The molecule has 6 N–H and O–H groups in total. The number of pyridine rings is 1. The second kappa shape index (κ2) is 7.41. The summed E-state index contributed by atoms with van der Waals surface area (Å²) in [6.45, 7) is 2.09. The normalized spacial score (nSPS) is 11.8. The Kier molecular flexibility index (Phi) is 5.32. The largest absolute Gasteiger partial charge is 0.506 e. The summed E-state index contributed by atoms with van der Waals surface area (Å²) in [6, 6.07) is 4.97. The summed E-state index contributed by atoms with van der Waals surface area (Å²) >= 11 is 0. The van der Waals surface area contributed by atoms with Gasteiger partial charge in [-0.3, -0.25) is 9.99 Å². The second-order valence-electron chi connectivity index (χ2n) is 5.02. The molecule has 122 valence electrons. The quantitative estimate of drug-likeness (QED) is 0.460. The molecule has 2 rings (SSSR count). The molecule has 0 aliphatic heterocycles. The molecule has 2 aromatic rings. The Labute approximate surface area is 134 Å². The van der Waals surface area contributed by atoms with Gasteiger partial charge in [-0.05, 0) is 24.6 Å². The monoisotopic (exact) mass is 315 g/mol. The van der Waals surface area contributed by atoms with E-state index in [0.29, 0.717) is 23.2 Å². The lowest BCUT2D eigenvalue weighted by Gasteiger charge is -2.20. The first-order chi connectivity index (χ1) is 11.0. The maximum atomic E-state index is 9.31. The van der Waals surface area contributed by atoms with Gasteiger partial charge in [0.25, 0.3) is 0 Å². The smallest absolute Gasteiger partial charge is 0.228 e. The third kappa shape index (κ3) is 4.30. The molecule has 0 saturated heterocycles. The highest BCUT2D eigenvalue weighted by Crippen LogP contribution is 2.16. The van der Waals surface area contributed by atoms with Gasteiger partial charge in [0.05, 0.1) is 11.9 Å². The van der Waals surface area contributed by atoms with Gasteiger partial charge in [0.15, 0.2) is 0 Å². The van der Waals surface area contributed by atoms with Crippen LogP contribution in [-0.4, -0.2) is 32.1 Å². The second-order valence-corrected chi connectivity index (χ2v) is 5.02. The van der Waals surface area contributed by atoms with Crippen LogP contribution in [0.15, 0.2) is 36.4 Å². The van der Waals surface area contributed by atoms with Gasteiger partial charge in [0, 0.05) is 18.9 Å². The summed E-state index contributed by atoms with van der Waals surface area (Å²) in [5.41, 5.74) is 7.86. The zero-order chi connectivity index (χ0) is 16.8. The average Bonchev–Trinajstić information content (AvgIpc) is 2.53. The van der Waals surface area contributed by atoms with Gasteiger partial charge in [-0.2, -0.15) is 0 Å². The van der Waals surface area contributed by atoms with E-state index in [0.717, 1.165) is 18.5 Å². The van der Waals surface area contributed by atoms with E-state index in [1.165, 1.54) is 17.3 Å². The van der Waals surface area contributed by atoms with Crippen molar-refractivity contribution in [2.75, 3.05) is 12.4 Å². The van der Waals surface area contributed by atoms with Crippen molar-refractivity contribution < 1.29 is 5.11 Å². The first-order valence-electron chi connectivity index (χ1n) is 7.23. The molecule has 8 heteroatoms. The Morgan fingerprint density at radius 1 is 1.30 bits per heavy atom. The number of hydrazine groups is 1. The van der Waals surface area contributed by atoms with Gasteiger partial charge in [-0.15, -0.1) is 0 Å². The van der Waals surface area contributed by atoms with Crippen molar-refractivity contribution in [3.8, 4) is 5.75 Å². The molecular formula is C15H21N7O. The molecule has 0 aromatic carbocycles. The molecule has 0 bridgehead atoms. The minimum Gasteiger partial charge on any atom is -0.506 e. The van der Waals surface area contributed by atoms with E-state index < -0.39 is 0 Å². The molecule has 2 aromatic heterocycles. The lowest BCUT2D eigenvalue weighted by molar-refractivity contribution is 0.446. The molecule has 0 amide bonds. The Hall–Kier alpha value is -2.87. The molecule has 0 radical (unpaired) electrons. The van der Waals surface area contributed by atoms with Gasteiger partial charge >= 0.3 is 0 Å².